The number of hydrogen-bond acceptors (Lipinski definition) is 1. The first kappa shape index (κ1) is 10.8. The Morgan fingerprint density at radius 3 is 2.38 bits per heavy atom. The molecule has 1 heteroatoms. The van der Waals surface area contributed by atoms with Gasteiger partial charge in [-0.05, 0) is 43.6 Å². The molecule has 1 rings (SSSR count). The van der Waals surface area contributed by atoms with Gasteiger partial charge in [-0.25, -0.2) is 0 Å². The Morgan fingerprint density at radius 1 is 1.38 bits per heavy atom. The SMILES string of the molecule is CC(C)=C1CC[C@@H](C)C(C)(C)[C@H]1O. The van der Waals surface area contributed by atoms with E-state index < -0.39 is 0 Å². The summed E-state index contributed by atoms with van der Waals surface area (Å²) in [5, 5.41) is 10.2. The van der Waals surface area contributed by atoms with Crippen LogP contribution >= 0.6 is 0 Å². The third kappa shape index (κ3) is 1.80. The van der Waals surface area contributed by atoms with E-state index in [2.05, 4.69) is 34.6 Å². The summed E-state index contributed by atoms with van der Waals surface area (Å²) in [5.74, 6) is 0.616. The number of aliphatic hydroxyl groups excluding tert-OH is 1. The Balaban J connectivity index is 2.96. The Labute approximate surface area is 81.9 Å². The average molecular weight is 182 g/mol. The molecule has 0 heterocycles. The zero-order valence-corrected chi connectivity index (χ0v) is 9.52. The van der Waals surface area contributed by atoms with E-state index in [1.807, 2.05) is 0 Å². The van der Waals surface area contributed by atoms with Crippen LogP contribution in [0.25, 0.3) is 0 Å². The summed E-state index contributed by atoms with van der Waals surface area (Å²) in [6.45, 7) is 10.8. The number of rotatable bonds is 0. The van der Waals surface area contributed by atoms with Crippen molar-refractivity contribution < 1.29 is 5.11 Å². The Bertz CT molecular complexity index is 221. The standard InChI is InChI=1S/C12H22O/c1-8(2)10-7-6-9(3)12(4,5)11(10)13/h9,11,13H,6-7H2,1-5H3/t9-,11+/m1/s1. The lowest BCUT2D eigenvalue weighted by atomic mass is 9.65. The predicted octanol–water partition coefficient (Wildman–Crippen LogP) is 3.14. The molecule has 0 bridgehead atoms. The first-order valence-corrected chi connectivity index (χ1v) is 5.21. The number of hydrogen-bond donors (Lipinski definition) is 1. The third-order valence-corrected chi connectivity index (χ3v) is 3.79. The first-order chi connectivity index (χ1) is 5.87. The van der Waals surface area contributed by atoms with Crippen molar-refractivity contribution in [1.82, 2.24) is 0 Å². The van der Waals surface area contributed by atoms with Crippen molar-refractivity contribution >= 4 is 0 Å². The number of allylic oxidation sites excluding steroid dienone is 1. The molecule has 0 amide bonds. The van der Waals surface area contributed by atoms with Gasteiger partial charge in [0.15, 0.2) is 0 Å². The molecule has 0 unspecified atom stereocenters. The number of aliphatic hydroxyl groups is 1. The normalized spacial score (nSPS) is 33.2. The van der Waals surface area contributed by atoms with Gasteiger partial charge in [-0.15, -0.1) is 0 Å². The van der Waals surface area contributed by atoms with Crippen molar-refractivity contribution in [2.75, 3.05) is 0 Å². The van der Waals surface area contributed by atoms with Crippen LogP contribution < -0.4 is 0 Å². The minimum absolute atomic E-state index is 0.0465. The quantitative estimate of drug-likeness (QED) is 0.571. The van der Waals surface area contributed by atoms with Crippen molar-refractivity contribution in [2.45, 2.75) is 53.6 Å². The fourth-order valence-electron chi connectivity index (χ4n) is 2.12. The van der Waals surface area contributed by atoms with Crippen molar-refractivity contribution in [3.05, 3.63) is 11.1 Å². The van der Waals surface area contributed by atoms with Gasteiger partial charge in [-0.3, -0.25) is 0 Å². The summed E-state index contributed by atoms with van der Waals surface area (Å²) in [6, 6.07) is 0. The summed E-state index contributed by atoms with van der Waals surface area (Å²) in [4.78, 5) is 0. The third-order valence-electron chi connectivity index (χ3n) is 3.79. The summed E-state index contributed by atoms with van der Waals surface area (Å²) in [7, 11) is 0. The predicted molar refractivity (Wildman–Crippen MR) is 56.6 cm³/mol. The van der Waals surface area contributed by atoms with Gasteiger partial charge >= 0.3 is 0 Å². The van der Waals surface area contributed by atoms with Gasteiger partial charge in [0.2, 0.25) is 0 Å². The average Bonchev–Trinajstić information content (AvgIpc) is 2.01. The molecule has 0 aromatic carbocycles. The molecule has 1 saturated carbocycles. The van der Waals surface area contributed by atoms with Crippen LogP contribution in [-0.2, 0) is 0 Å². The molecular formula is C12H22O. The summed E-state index contributed by atoms with van der Waals surface area (Å²) < 4.78 is 0. The van der Waals surface area contributed by atoms with Gasteiger partial charge in [0.1, 0.15) is 0 Å². The topological polar surface area (TPSA) is 20.2 Å². The van der Waals surface area contributed by atoms with E-state index in [-0.39, 0.29) is 11.5 Å². The molecule has 2 atom stereocenters. The van der Waals surface area contributed by atoms with Crippen LogP contribution in [0.15, 0.2) is 11.1 Å². The van der Waals surface area contributed by atoms with Crippen LogP contribution in [-0.4, -0.2) is 11.2 Å². The molecule has 0 spiro atoms. The van der Waals surface area contributed by atoms with Gasteiger partial charge in [-0.2, -0.15) is 0 Å². The van der Waals surface area contributed by atoms with Crippen molar-refractivity contribution in [3.63, 3.8) is 0 Å². The molecule has 1 nitrogen and oxygen atoms in total. The zero-order valence-electron chi connectivity index (χ0n) is 9.52. The lowest BCUT2D eigenvalue weighted by molar-refractivity contribution is 0.0131. The second-order valence-corrected chi connectivity index (χ2v) is 5.19. The van der Waals surface area contributed by atoms with E-state index in [9.17, 15) is 5.11 Å². The van der Waals surface area contributed by atoms with E-state index in [0.717, 1.165) is 6.42 Å². The lowest BCUT2D eigenvalue weighted by Gasteiger charge is -2.43. The van der Waals surface area contributed by atoms with Crippen LogP contribution in [0.1, 0.15) is 47.5 Å². The molecule has 1 aliphatic rings. The fraction of sp³-hybridized carbons (Fsp3) is 0.833. The molecule has 0 aliphatic heterocycles. The molecule has 0 aromatic heterocycles. The monoisotopic (exact) mass is 182 g/mol. The summed E-state index contributed by atoms with van der Waals surface area (Å²) in [6.07, 6.45) is 2.06. The molecule has 0 aromatic rings. The highest BCUT2D eigenvalue weighted by molar-refractivity contribution is 5.20. The highest BCUT2D eigenvalue weighted by Crippen LogP contribution is 2.43. The molecule has 13 heavy (non-hydrogen) atoms. The maximum atomic E-state index is 10.2. The van der Waals surface area contributed by atoms with E-state index >= 15 is 0 Å². The van der Waals surface area contributed by atoms with E-state index in [0.29, 0.717) is 5.92 Å². The van der Waals surface area contributed by atoms with Gasteiger partial charge in [-0.1, -0.05) is 26.3 Å². The smallest absolute Gasteiger partial charge is 0.0805 e. The molecule has 0 radical (unpaired) electrons. The van der Waals surface area contributed by atoms with Gasteiger partial charge in [0.25, 0.3) is 0 Å². The maximum Gasteiger partial charge on any atom is 0.0805 e. The van der Waals surface area contributed by atoms with Gasteiger partial charge in [0, 0.05) is 0 Å². The minimum Gasteiger partial charge on any atom is -0.388 e. The van der Waals surface area contributed by atoms with E-state index in [1.165, 1.54) is 17.6 Å². The van der Waals surface area contributed by atoms with Crippen LogP contribution in [0.2, 0.25) is 0 Å². The molecular weight excluding hydrogens is 160 g/mol. The van der Waals surface area contributed by atoms with E-state index in [1.54, 1.807) is 0 Å². The van der Waals surface area contributed by atoms with Crippen molar-refractivity contribution in [1.29, 1.82) is 0 Å². The highest BCUT2D eigenvalue weighted by atomic mass is 16.3. The van der Waals surface area contributed by atoms with Crippen molar-refractivity contribution in [2.24, 2.45) is 11.3 Å². The van der Waals surface area contributed by atoms with E-state index in [4.69, 9.17) is 0 Å². The van der Waals surface area contributed by atoms with Gasteiger partial charge in [0.05, 0.1) is 6.10 Å². The Hall–Kier alpha value is -0.300. The Morgan fingerprint density at radius 2 is 1.92 bits per heavy atom. The summed E-state index contributed by atoms with van der Waals surface area (Å²) in [5.41, 5.74) is 2.61. The van der Waals surface area contributed by atoms with Crippen LogP contribution in [0, 0.1) is 11.3 Å². The molecule has 76 valence electrons. The summed E-state index contributed by atoms with van der Waals surface area (Å²) >= 11 is 0. The highest BCUT2D eigenvalue weighted by Gasteiger charge is 2.39. The molecule has 1 aliphatic carbocycles. The molecule has 1 N–H and O–H groups in total. The first-order valence-electron chi connectivity index (χ1n) is 5.21. The van der Waals surface area contributed by atoms with Crippen LogP contribution in [0.3, 0.4) is 0 Å². The van der Waals surface area contributed by atoms with Crippen LogP contribution in [0.5, 0.6) is 0 Å². The fourth-order valence-corrected chi connectivity index (χ4v) is 2.12. The van der Waals surface area contributed by atoms with Crippen molar-refractivity contribution in [3.8, 4) is 0 Å². The zero-order chi connectivity index (χ0) is 10.2. The Kier molecular flexibility index (Phi) is 2.86. The van der Waals surface area contributed by atoms with Crippen LogP contribution in [0.4, 0.5) is 0 Å². The lowest BCUT2D eigenvalue weighted by Crippen LogP contribution is -2.40. The minimum atomic E-state index is -0.235. The molecule has 0 saturated heterocycles. The van der Waals surface area contributed by atoms with Gasteiger partial charge < -0.3 is 5.11 Å². The molecule has 1 fully saturated rings. The second-order valence-electron chi connectivity index (χ2n) is 5.19. The largest absolute Gasteiger partial charge is 0.388 e. The maximum absolute atomic E-state index is 10.2. The second kappa shape index (κ2) is 3.45.